The molecule has 22 heavy (non-hydrogen) atoms. The molecule has 0 fully saturated rings. The number of carbonyl (C=O) groups is 1. The first kappa shape index (κ1) is 16.8. The van der Waals surface area contributed by atoms with Crippen molar-refractivity contribution in [2.24, 2.45) is 0 Å². The Kier molecular flexibility index (Phi) is 4.50. The van der Waals surface area contributed by atoms with Gasteiger partial charge in [-0.2, -0.15) is 13.2 Å². The van der Waals surface area contributed by atoms with E-state index in [-0.39, 0.29) is 5.13 Å². The van der Waals surface area contributed by atoms with Crippen LogP contribution in [-0.2, 0) is 14.3 Å². The van der Waals surface area contributed by atoms with Crippen molar-refractivity contribution in [3.63, 3.8) is 0 Å². The number of hydrogen-bond acceptors (Lipinski definition) is 6. The number of aromatic nitrogens is 1. The summed E-state index contributed by atoms with van der Waals surface area (Å²) in [5.74, 6) is -1.63. The van der Waals surface area contributed by atoms with Gasteiger partial charge in [0.2, 0.25) is 0 Å². The maximum atomic E-state index is 13.3. The second-order valence-electron chi connectivity index (χ2n) is 4.13. The summed E-state index contributed by atoms with van der Waals surface area (Å²) < 4.78 is 49.0. The summed E-state index contributed by atoms with van der Waals surface area (Å²) in [7, 11) is 1.59. The molecule has 0 amide bonds. The van der Waals surface area contributed by atoms with Crippen molar-refractivity contribution in [1.82, 2.24) is 4.98 Å². The van der Waals surface area contributed by atoms with E-state index >= 15 is 0 Å². The molecule has 0 aliphatic carbocycles. The Morgan fingerprint density at radius 1 is 1.36 bits per heavy atom. The van der Waals surface area contributed by atoms with Gasteiger partial charge >= 0.3 is 17.9 Å². The molecular formula is C12H10ClF3N2O3S. The van der Waals surface area contributed by atoms with E-state index in [0.717, 1.165) is 25.6 Å². The van der Waals surface area contributed by atoms with Crippen molar-refractivity contribution < 1.29 is 27.4 Å². The monoisotopic (exact) mass is 354 g/mol. The molecular weight excluding hydrogens is 345 g/mol. The minimum absolute atomic E-state index is 0.151. The molecule has 5 nitrogen and oxygen atoms in total. The number of ether oxygens (including phenoxy) is 2. The van der Waals surface area contributed by atoms with Crippen LogP contribution >= 0.6 is 22.9 Å². The molecule has 0 aliphatic rings. The van der Waals surface area contributed by atoms with Gasteiger partial charge in [0.05, 0.1) is 17.3 Å². The number of alkyl halides is 3. The van der Waals surface area contributed by atoms with Crippen molar-refractivity contribution in [3.8, 4) is 0 Å². The Morgan fingerprint density at radius 2 is 2.05 bits per heavy atom. The van der Waals surface area contributed by atoms with Crippen molar-refractivity contribution in [2.75, 3.05) is 19.5 Å². The second-order valence-corrected chi connectivity index (χ2v) is 5.60. The molecule has 1 atom stereocenters. The molecule has 0 saturated carbocycles. The van der Waals surface area contributed by atoms with E-state index < -0.39 is 17.9 Å². The maximum absolute atomic E-state index is 13.3. The van der Waals surface area contributed by atoms with Gasteiger partial charge in [-0.15, -0.1) is 0 Å². The summed E-state index contributed by atoms with van der Waals surface area (Å²) in [5, 5.41) is 2.25. The van der Waals surface area contributed by atoms with Crippen LogP contribution in [0.2, 0.25) is 5.02 Å². The summed E-state index contributed by atoms with van der Waals surface area (Å²) in [6.45, 7) is 0. The summed E-state index contributed by atoms with van der Waals surface area (Å²) in [6, 6.07) is 4.67. The van der Waals surface area contributed by atoms with Crippen molar-refractivity contribution in [1.29, 1.82) is 0 Å². The first-order chi connectivity index (χ1) is 10.2. The summed E-state index contributed by atoms with van der Waals surface area (Å²) in [4.78, 5) is 15.6. The van der Waals surface area contributed by atoms with Crippen LogP contribution in [0.1, 0.15) is 0 Å². The number of halogens is 4. The van der Waals surface area contributed by atoms with Gasteiger partial charge in [-0.1, -0.05) is 22.9 Å². The largest absolute Gasteiger partial charge is 0.465 e. The minimum Gasteiger partial charge on any atom is -0.465 e. The lowest BCUT2D eigenvalue weighted by Gasteiger charge is -2.31. The zero-order valence-electron chi connectivity index (χ0n) is 11.3. The van der Waals surface area contributed by atoms with Gasteiger partial charge in [0.15, 0.2) is 5.13 Å². The highest BCUT2D eigenvalue weighted by Gasteiger charge is 2.63. The molecule has 1 unspecified atom stereocenters. The zero-order chi connectivity index (χ0) is 16.5. The zero-order valence-corrected chi connectivity index (χ0v) is 12.9. The van der Waals surface area contributed by atoms with E-state index in [1.807, 2.05) is 5.32 Å². The number of nitrogens with one attached hydrogen (secondary N) is 1. The first-order valence-electron chi connectivity index (χ1n) is 5.78. The van der Waals surface area contributed by atoms with E-state index in [2.05, 4.69) is 14.5 Å². The van der Waals surface area contributed by atoms with Gasteiger partial charge in [-0.25, -0.2) is 9.78 Å². The Balaban J connectivity index is 2.47. The number of esters is 1. The quantitative estimate of drug-likeness (QED) is 0.673. The Hall–Kier alpha value is -1.58. The van der Waals surface area contributed by atoms with Gasteiger partial charge in [0, 0.05) is 12.1 Å². The predicted octanol–water partition coefficient (Wildman–Crippen LogP) is 3.44. The molecule has 0 bridgehead atoms. The van der Waals surface area contributed by atoms with Gasteiger partial charge < -0.3 is 14.8 Å². The average Bonchev–Trinajstić information content (AvgIpc) is 2.83. The number of thiazole rings is 1. The van der Waals surface area contributed by atoms with Crippen molar-refractivity contribution in [3.05, 3.63) is 23.2 Å². The third-order valence-corrected chi connectivity index (χ3v) is 3.98. The number of fused-ring (bicyclic) bond motifs is 1. The SMILES string of the molecule is COC(=O)C(Nc1nc2ccc(Cl)cc2s1)(OC)C(F)(F)F. The molecule has 2 rings (SSSR count). The van der Waals surface area contributed by atoms with Crippen LogP contribution in [0.25, 0.3) is 10.2 Å². The van der Waals surface area contributed by atoms with Crippen LogP contribution in [0.3, 0.4) is 0 Å². The first-order valence-corrected chi connectivity index (χ1v) is 6.97. The summed E-state index contributed by atoms with van der Waals surface area (Å²) in [5.41, 5.74) is -2.90. The molecule has 120 valence electrons. The second kappa shape index (κ2) is 5.90. The molecule has 1 heterocycles. The van der Waals surface area contributed by atoms with Gasteiger partial charge in [0.1, 0.15) is 0 Å². The fraction of sp³-hybridized carbons (Fsp3) is 0.333. The topological polar surface area (TPSA) is 60.5 Å². The predicted molar refractivity (Wildman–Crippen MR) is 76.1 cm³/mol. The van der Waals surface area contributed by atoms with Gasteiger partial charge in [-0.3, -0.25) is 0 Å². The highest BCUT2D eigenvalue weighted by atomic mass is 35.5. The molecule has 1 aromatic carbocycles. The lowest BCUT2D eigenvalue weighted by Crippen LogP contribution is -2.60. The fourth-order valence-corrected chi connectivity index (χ4v) is 2.92. The van der Waals surface area contributed by atoms with Crippen LogP contribution in [0, 0.1) is 0 Å². The van der Waals surface area contributed by atoms with E-state index in [0.29, 0.717) is 15.2 Å². The maximum Gasteiger partial charge on any atom is 0.448 e. The third kappa shape index (κ3) is 2.83. The lowest BCUT2D eigenvalue weighted by atomic mass is 10.2. The lowest BCUT2D eigenvalue weighted by molar-refractivity contribution is -0.259. The van der Waals surface area contributed by atoms with Crippen LogP contribution in [0.15, 0.2) is 18.2 Å². The molecule has 0 saturated heterocycles. The van der Waals surface area contributed by atoms with Crippen LogP contribution in [-0.4, -0.2) is 37.1 Å². The van der Waals surface area contributed by atoms with Crippen molar-refractivity contribution >= 4 is 44.3 Å². The van der Waals surface area contributed by atoms with Crippen LogP contribution < -0.4 is 5.32 Å². The number of hydrogen-bond donors (Lipinski definition) is 1. The number of methoxy groups -OCH3 is 2. The molecule has 1 N–H and O–H groups in total. The van der Waals surface area contributed by atoms with E-state index in [4.69, 9.17) is 11.6 Å². The van der Waals surface area contributed by atoms with Gasteiger partial charge in [-0.05, 0) is 18.2 Å². The van der Waals surface area contributed by atoms with Gasteiger partial charge in [0.25, 0.3) is 0 Å². The normalized spacial score (nSPS) is 14.6. The minimum atomic E-state index is -5.05. The smallest absolute Gasteiger partial charge is 0.448 e. The average molecular weight is 355 g/mol. The van der Waals surface area contributed by atoms with E-state index in [1.54, 1.807) is 18.2 Å². The molecule has 2 aromatic rings. The number of carbonyl (C=O) groups excluding carboxylic acids is 1. The van der Waals surface area contributed by atoms with Crippen molar-refractivity contribution in [2.45, 2.75) is 11.9 Å². The Labute approximate surface area is 132 Å². The fourth-order valence-electron chi connectivity index (χ4n) is 1.73. The number of benzene rings is 1. The van der Waals surface area contributed by atoms with E-state index in [1.165, 1.54) is 0 Å². The summed E-state index contributed by atoms with van der Waals surface area (Å²) >= 11 is 6.72. The van der Waals surface area contributed by atoms with Crippen LogP contribution in [0.4, 0.5) is 18.3 Å². The number of nitrogens with zero attached hydrogens (tertiary/aromatic N) is 1. The molecule has 1 aromatic heterocycles. The third-order valence-electron chi connectivity index (χ3n) is 2.81. The van der Waals surface area contributed by atoms with Crippen LogP contribution in [0.5, 0.6) is 0 Å². The Bertz CT molecular complexity index is 706. The number of rotatable bonds is 4. The highest BCUT2D eigenvalue weighted by molar-refractivity contribution is 7.22. The molecule has 10 heteroatoms. The highest BCUT2D eigenvalue weighted by Crippen LogP contribution is 2.37. The summed E-state index contributed by atoms with van der Waals surface area (Å²) in [6.07, 6.45) is -5.05. The molecule has 0 radical (unpaired) electrons. The number of anilines is 1. The Morgan fingerprint density at radius 3 is 2.59 bits per heavy atom. The van der Waals surface area contributed by atoms with E-state index in [9.17, 15) is 18.0 Å². The standard InChI is InChI=1S/C12H10ClF3N2O3S/c1-20-9(19)11(21-2,12(14,15)16)18-10-17-7-4-3-6(13)5-8(7)22-10/h3-5H,1-2H3,(H,17,18). The molecule has 0 aliphatic heterocycles. The molecule has 0 spiro atoms.